The summed E-state index contributed by atoms with van der Waals surface area (Å²) in [5.41, 5.74) is 0.921. The first-order valence-electron chi connectivity index (χ1n) is 5.99. The number of nitrogens with one attached hydrogen (secondary N) is 1. The largest absolute Gasteiger partial charge is 0.481 e. The molecule has 0 radical (unpaired) electrons. The first-order valence-corrected chi connectivity index (χ1v) is 6.36. The van der Waals surface area contributed by atoms with Crippen LogP contribution in [-0.4, -0.2) is 33.3 Å². The Labute approximate surface area is 116 Å². The molecule has 106 valence electrons. The molecule has 1 heterocycles. The van der Waals surface area contributed by atoms with Gasteiger partial charge in [-0.1, -0.05) is 32.4 Å². The van der Waals surface area contributed by atoms with Crippen molar-refractivity contribution in [2.45, 2.75) is 26.7 Å². The lowest BCUT2D eigenvalue weighted by molar-refractivity contribution is -0.140. The molecule has 19 heavy (non-hydrogen) atoms. The number of carboxylic acids is 1. The van der Waals surface area contributed by atoms with E-state index in [1.165, 1.54) is 11.6 Å². The summed E-state index contributed by atoms with van der Waals surface area (Å²) in [6.07, 6.45) is 0. The van der Waals surface area contributed by atoms with Crippen LogP contribution in [0.15, 0.2) is 0 Å². The zero-order valence-electron chi connectivity index (χ0n) is 11.4. The van der Waals surface area contributed by atoms with Crippen molar-refractivity contribution in [3.8, 4) is 0 Å². The van der Waals surface area contributed by atoms with Crippen LogP contribution in [0.3, 0.4) is 0 Å². The van der Waals surface area contributed by atoms with Crippen LogP contribution >= 0.6 is 11.6 Å². The van der Waals surface area contributed by atoms with Gasteiger partial charge in [0.15, 0.2) is 0 Å². The van der Waals surface area contributed by atoms with E-state index in [1.54, 1.807) is 7.05 Å². The predicted octanol–water partition coefficient (Wildman–Crippen LogP) is 1.65. The van der Waals surface area contributed by atoms with E-state index in [9.17, 15) is 9.59 Å². The minimum absolute atomic E-state index is 0.0522. The van der Waals surface area contributed by atoms with Crippen LogP contribution in [0.2, 0.25) is 5.15 Å². The van der Waals surface area contributed by atoms with Gasteiger partial charge in [0.1, 0.15) is 5.15 Å². The summed E-state index contributed by atoms with van der Waals surface area (Å²) in [5.74, 6) is -1.95. The number of rotatable bonds is 5. The van der Waals surface area contributed by atoms with Crippen molar-refractivity contribution in [3.05, 3.63) is 16.4 Å². The van der Waals surface area contributed by atoms with Crippen molar-refractivity contribution in [1.29, 1.82) is 0 Å². The summed E-state index contributed by atoms with van der Waals surface area (Å²) in [4.78, 5) is 22.8. The Morgan fingerprint density at radius 1 is 1.42 bits per heavy atom. The molecular formula is C12H18ClN3O3. The second-order valence-electron chi connectivity index (χ2n) is 4.78. The van der Waals surface area contributed by atoms with Gasteiger partial charge in [-0.05, 0) is 5.92 Å². The summed E-state index contributed by atoms with van der Waals surface area (Å²) >= 11 is 6.05. The molecule has 1 aromatic rings. The normalized spacial score (nSPS) is 12.5. The first kappa shape index (κ1) is 15.5. The van der Waals surface area contributed by atoms with Gasteiger partial charge in [-0.2, -0.15) is 5.10 Å². The minimum Gasteiger partial charge on any atom is -0.481 e. The molecule has 6 nitrogen and oxygen atoms in total. The third-order valence-electron chi connectivity index (χ3n) is 2.77. The van der Waals surface area contributed by atoms with Crippen molar-refractivity contribution in [1.82, 2.24) is 15.1 Å². The number of halogens is 1. The first-order chi connectivity index (χ1) is 8.75. The van der Waals surface area contributed by atoms with E-state index in [1.807, 2.05) is 13.8 Å². The van der Waals surface area contributed by atoms with Crippen LogP contribution in [0.25, 0.3) is 0 Å². The molecular weight excluding hydrogens is 270 g/mol. The average Bonchev–Trinajstić information content (AvgIpc) is 2.62. The number of aliphatic carboxylic acids is 1. The summed E-state index contributed by atoms with van der Waals surface area (Å²) < 4.78 is 1.44. The highest BCUT2D eigenvalue weighted by Crippen LogP contribution is 2.25. The molecule has 0 saturated carbocycles. The number of hydrogen-bond acceptors (Lipinski definition) is 3. The quantitative estimate of drug-likeness (QED) is 0.862. The summed E-state index contributed by atoms with van der Waals surface area (Å²) in [6, 6.07) is 0. The van der Waals surface area contributed by atoms with E-state index in [2.05, 4.69) is 10.4 Å². The summed E-state index contributed by atoms with van der Waals surface area (Å²) in [5, 5.41) is 15.8. The third kappa shape index (κ3) is 3.47. The predicted molar refractivity (Wildman–Crippen MR) is 71.4 cm³/mol. The lowest BCUT2D eigenvalue weighted by atomic mass is 10.1. The average molecular weight is 288 g/mol. The number of carboxylic acid groups (broad SMARTS) is 1. The molecule has 1 amide bonds. The Balaban J connectivity index is 2.91. The van der Waals surface area contributed by atoms with E-state index < -0.39 is 17.8 Å². The second kappa shape index (κ2) is 6.06. The van der Waals surface area contributed by atoms with Gasteiger partial charge in [-0.15, -0.1) is 0 Å². The van der Waals surface area contributed by atoms with Gasteiger partial charge in [0.25, 0.3) is 5.91 Å². The number of amides is 1. The topological polar surface area (TPSA) is 84.2 Å². The molecule has 7 heteroatoms. The van der Waals surface area contributed by atoms with Crippen LogP contribution in [0.4, 0.5) is 0 Å². The molecule has 0 spiro atoms. The maximum atomic E-state index is 12.1. The second-order valence-corrected chi connectivity index (χ2v) is 5.14. The monoisotopic (exact) mass is 287 g/mol. The van der Waals surface area contributed by atoms with E-state index in [0.717, 1.165) is 0 Å². The fourth-order valence-corrected chi connectivity index (χ4v) is 1.78. The molecule has 0 aromatic carbocycles. The highest BCUT2D eigenvalue weighted by molar-refractivity contribution is 6.33. The molecule has 1 atom stereocenters. The van der Waals surface area contributed by atoms with E-state index in [0.29, 0.717) is 11.3 Å². The van der Waals surface area contributed by atoms with Gasteiger partial charge in [-0.3, -0.25) is 14.3 Å². The molecule has 0 bridgehead atoms. The number of aryl methyl sites for hydroxylation is 1. The number of hydrogen-bond donors (Lipinski definition) is 2. The van der Waals surface area contributed by atoms with Crippen LogP contribution in [-0.2, 0) is 11.8 Å². The van der Waals surface area contributed by atoms with Crippen LogP contribution in [0.5, 0.6) is 0 Å². The molecule has 0 aliphatic heterocycles. The van der Waals surface area contributed by atoms with Crippen molar-refractivity contribution in [3.63, 3.8) is 0 Å². The highest BCUT2D eigenvalue weighted by Gasteiger charge is 2.24. The Morgan fingerprint density at radius 2 is 2.00 bits per heavy atom. The SMILES string of the molecule is CC(CNC(=O)c1c(C(C)C)nn(C)c1Cl)C(=O)O. The summed E-state index contributed by atoms with van der Waals surface area (Å²) in [6.45, 7) is 5.40. The number of aromatic nitrogens is 2. The smallest absolute Gasteiger partial charge is 0.308 e. The van der Waals surface area contributed by atoms with Gasteiger partial charge in [0.2, 0.25) is 0 Å². The van der Waals surface area contributed by atoms with Crippen LogP contribution in [0.1, 0.15) is 42.7 Å². The fraction of sp³-hybridized carbons (Fsp3) is 0.583. The molecule has 0 aliphatic rings. The maximum Gasteiger partial charge on any atom is 0.308 e. The maximum absolute atomic E-state index is 12.1. The third-order valence-corrected chi connectivity index (χ3v) is 3.20. The van der Waals surface area contributed by atoms with Crippen molar-refractivity contribution < 1.29 is 14.7 Å². The molecule has 1 rings (SSSR count). The molecule has 0 fully saturated rings. The van der Waals surface area contributed by atoms with E-state index in [-0.39, 0.29) is 17.6 Å². The van der Waals surface area contributed by atoms with Crippen molar-refractivity contribution in [2.24, 2.45) is 13.0 Å². The van der Waals surface area contributed by atoms with Gasteiger partial charge >= 0.3 is 5.97 Å². The van der Waals surface area contributed by atoms with Gasteiger partial charge in [0.05, 0.1) is 17.2 Å². The van der Waals surface area contributed by atoms with Crippen LogP contribution < -0.4 is 5.32 Å². The van der Waals surface area contributed by atoms with Gasteiger partial charge < -0.3 is 10.4 Å². The Bertz CT molecular complexity index is 497. The zero-order chi connectivity index (χ0) is 14.7. The van der Waals surface area contributed by atoms with Gasteiger partial charge in [0, 0.05) is 13.6 Å². The van der Waals surface area contributed by atoms with Crippen molar-refractivity contribution in [2.75, 3.05) is 6.54 Å². The molecule has 0 saturated heterocycles. The highest BCUT2D eigenvalue weighted by atomic mass is 35.5. The molecule has 1 aromatic heterocycles. The molecule has 0 aliphatic carbocycles. The van der Waals surface area contributed by atoms with E-state index in [4.69, 9.17) is 16.7 Å². The lowest BCUT2D eigenvalue weighted by Crippen LogP contribution is -2.32. The number of carbonyl (C=O) groups is 2. The van der Waals surface area contributed by atoms with Crippen LogP contribution in [0, 0.1) is 5.92 Å². The Morgan fingerprint density at radius 3 is 2.47 bits per heavy atom. The minimum atomic E-state index is -0.957. The van der Waals surface area contributed by atoms with Gasteiger partial charge in [-0.25, -0.2) is 0 Å². The van der Waals surface area contributed by atoms with E-state index >= 15 is 0 Å². The molecule has 1 unspecified atom stereocenters. The fourth-order valence-electron chi connectivity index (χ4n) is 1.56. The Hall–Kier alpha value is -1.56. The Kier molecular flexibility index (Phi) is 4.94. The summed E-state index contributed by atoms with van der Waals surface area (Å²) in [7, 11) is 1.66. The zero-order valence-corrected chi connectivity index (χ0v) is 12.2. The molecule has 2 N–H and O–H groups in total. The number of nitrogens with zero attached hydrogens (tertiary/aromatic N) is 2. The van der Waals surface area contributed by atoms with Crippen molar-refractivity contribution >= 4 is 23.5 Å². The standard InChI is InChI=1S/C12H18ClN3O3/c1-6(2)9-8(10(13)16(4)15-9)11(17)14-5-7(3)12(18)19/h6-7H,5H2,1-4H3,(H,14,17)(H,18,19). The lowest BCUT2D eigenvalue weighted by Gasteiger charge is -2.09. The number of carbonyl (C=O) groups excluding carboxylic acids is 1.